The molecule has 0 atom stereocenters. The summed E-state index contributed by atoms with van der Waals surface area (Å²) in [4.78, 5) is 0. The van der Waals surface area contributed by atoms with Crippen LogP contribution >= 0.6 is 0 Å². The van der Waals surface area contributed by atoms with Gasteiger partial charge in [0.25, 0.3) is 0 Å². The third-order valence-electron chi connectivity index (χ3n) is 1.34. The normalized spacial score (nSPS) is 14.6. The van der Waals surface area contributed by atoms with Gasteiger partial charge in [-0.1, -0.05) is 6.92 Å². The second-order valence-electron chi connectivity index (χ2n) is 1.62. The minimum absolute atomic E-state index is 0.397. The van der Waals surface area contributed by atoms with Gasteiger partial charge in [-0.15, -0.1) is 0 Å². The van der Waals surface area contributed by atoms with E-state index in [-0.39, 0.29) is 0 Å². The van der Waals surface area contributed by atoms with E-state index in [1.165, 1.54) is 26.1 Å². The molecular weight excluding hydrogens is 150 g/mol. The number of rotatable bonds is 3. The zero-order chi connectivity index (χ0) is 5.70. The van der Waals surface area contributed by atoms with Crippen LogP contribution in [0.5, 0.6) is 0 Å². The molecule has 0 saturated heterocycles. The first-order valence-corrected chi connectivity index (χ1v) is 15.6. The predicted octanol–water partition coefficient (Wildman–Crippen LogP) is -3.96. The Labute approximate surface area is 56.1 Å². The Bertz CT molecular complexity index is 31.2. The standard InChI is InChI=1S/C2H15NSi4/c1-2-3(6-4)7-5/h2,6-7H2,1,4-5H3. The molecule has 0 bridgehead atoms. The smallest absolute Gasteiger partial charge is 0.0671 e. The first-order valence-electron chi connectivity index (χ1n) is 3.07. The van der Waals surface area contributed by atoms with E-state index >= 15 is 0 Å². The summed E-state index contributed by atoms with van der Waals surface area (Å²) in [6.07, 6.45) is 0. The van der Waals surface area contributed by atoms with Gasteiger partial charge in [0.05, 0.1) is 18.4 Å². The van der Waals surface area contributed by atoms with Gasteiger partial charge in [-0.05, 0) is 6.54 Å². The van der Waals surface area contributed by atoms with Gasteiger partial charge in [-0.25, -0.2) is 0 Å². The van der Waals surface area contributed by atoms with Gasteiger partial charge >= 0.3 is 0 Å². The Kier molecular flexibility index (Phi) is 5.56. The average Bonchev–Trinajstić information content (AvgIpc) is 1.72. The van der Waals surface area contributed by atoms with Gasteiger partial charge < -0.3 is 4.23 Å². The van der Waals surface area contributed by atoms with Gasteiger partial charge in [0.2, 0.25) is 0 Å². The van der Waals surface area contributed by atoms with Crippen LogP contribution in [0.15, 0.2) is 0 Å². The van der Waals surface area contributed by atoms with E-state index in [1.54, 1.807) is 0 Å². The van der Waals surface area contributed by atoms with Gasteiger partial charge in [0, 0.05) is 19.5 Å². The molecule has 0 fully saturated rings. The third-order valence-corrected chi connectivity index (χ3v) is 17.4. The third kappa shape index (κ3) is 3.41. The molecular formula is C2H15NSi4. The Morgan fingerprint density at radius 3 is 1.86 bits per heavy atom. The van der Waals surface area contributed by atoms with Crippen molar-refractivity contribution in [3.05, 3.63) is 0 Å². The molecule has 0 N–H and O–H groups in total. The second kappa shape index (κ2) is 4.97. The molecule has 0 aliphatic heterocycles. The van der Waals surface area contributed by atoms with Crippen LogP contribution in [-0.2, 0) is 0 Å². The quantitative estimate of drug-likeness (QED) is 0.386. The van der Waals surface area contributed by atoms with Crippen LogP contribution in [0, 0.1) is 0 Å². The fourth-order valence-corrected chi connectivity index (χ4v) is 22.1. The zero-order valence-electron chi connectivity index (χ0n) is 5.57. The van der Waals surface area contributed by atoms with Gasteiger partial charge in [0.1, 0.15) is 0 Å². The molecule has 0 rings (SSSR count). The maximum atomic E-state index is 2.78. The molecule has 7 heavy (non-hydrogen) atoms. The highest BCUT2D eigenvalue weighted by molar-refractivity contribution is 6.98. The van der Waals surface area contributed by atoms with Crippen molar-refractivity contribution in [1.29, 1.82) is 0 Å². The van der Waals surface area contributed by atoms with Crippen LogP contribution < -0.4 is 0 Å². The SMILES string of the molecule is CCN([SiH2][SiH3])[SiH2][SiH3]. The fourth-order valence-electron chi connectivity index (χ4n) is 0.671. The van der Waals surface area contributed by atoms with Crippen molar-refractivity contribution in [2.45, 2.75) is 6.92 Å². The van der Waals surface area contributed by atoms with Crippen LogP contribution in [0.4, 0.5) is 0 Å². The first-order chi connectivity index (χ1) is 3.35. The van der Waals surface area contributed by atoms with Crippen molar-refractivity contribution < 1.29 is 0 Å². The summed E-state index contributed by atoms with van der Waals surface area (Å²) in [5, 5.41) is 0. The maximum Gasteiger partial charge on any atom is 0.0671 e. The summed E-state index contributed by atoms with van der Waals surface area (Å²) < 4.78 is 2.78. The van der Waals surface area contributed by atoms with Crippen molar-refractivity contribution >= 4 is 37.9 Å². The lowest BCUT2D eigenvalue weighted by molar-refractivity contribution is 0.736. The molecule has 1 nitrogen and oxygen atoms in total. The minimum Gasteiger partial charge on any atom is -0.361 e. The molecule has 0 aromatic rings. The molecule has 0 amide bonds. The van der Waals surface area contributed by atoms with Crippen LogP contribution in [0.1, 0.15) is 6.92 Å². The molecule has 0 saturated carbocycles. The summed E-state index contributed by atoms with van der Waals surface area (Å²) in [6.45, 7) is 3.68. The molecule has 44 valence electrons. The highest BCUT2D eigenvalue weighted by Crippen LogP contribution is 1.71. The summed E-state index contributed by atoms with van der Waals surface area (Å²) in [7, 11) is 3.82. The van der Waals surface area contributed by atoms with E-state index in [1.807, 2.05) is 0 Å². The van der Waals surface area contributed by atoms with Crippen molar-refractivity contribution in [3.63, 3.8) is 0 Å². The van der Waals surface area contributed by atoms with Crippen molar-refractivity contribution in [1.82, 2.24) is 4.23 Å². The van der Waals surface area contributed by atoms with E-state index in [0.717, 1.165) is 0 Å². The molecule has 0 aromatic heterocycles. The summed E-state index contributed by atoms with van der Waals surface area (Å²) in [5.74, 6) is 0. The highest BCUT2D eigenvalue weighted by Gasteiger charge is 1.90. The van der Waals surface area contributed by atoms with Crippen LogP contribution in [-0.4, -0.2) is 48.7 Å². The summed E-state index contributed by atoms with van der Waals surface area (Å²) in [6, 6.07) is 0. The number of nitrogens with zero attached hydrogens (tertiary/aromatic N) is 1. The summed E-state index contributed by atoms with van der Waals surface area (Å²) in [5.41, 5.74) is 0. The Morgan fingerprint density at radius 1 is 1.43 bits per heavy atom. The molecule has 0 aliphatic carbocycles. The zero-order valence-corrected chi connectivity index (χ0v) is 12.4. The molecule has 0 aromatic carbocycles. The monoisotopic (exact) mass is 165 g/mol. The van der Waals surface area contributed by atoms with E-state index in [9.17, 15) is 0 Å². The first kappa shape index (κ1) is 7.83. The van der Waals surface area contributed by atoms with E-state index in [0.29, 0.717) is 18.4 Å². The lowest BCUT2D eigenvalue weighted by atomic mass is 10.8. The predicted molar refractivity (Wildman–Crippen MR) is 49.3 cm³/mol. The lowest BCUT2D eigenvalue weighted by Gasteiger charge is -2.13. The molecule has 0 spiro atoms. The Hall–Kier alpha value is 0.828. The molecule has 0 aliphatic rings. The van der Waals surface area contributed by atoms with Crippen molar-refractivity contribution in [3.8, 4) is 0 Å². The maximum absolute atomic E-state index is 2.78. The van der Waals surface area contributed by atoms with Crippen LogP contribution in [0.3, 0.4) is 0 Å². The lowest BCUT2D eigenvalue weighted by Crippen LogP contribution is -2.31. The Balaban J connectivity index is 2.99. The largest absolute Gasteiger partial charge is 0.361 e. The van der Waals surface area contributed by atoms with Crippen molar-refractivity contribution in [2.24, 2.45) is 0 Å². The number of hydrogen-bond donors (Lipinski definition) is 0. The molecule has 0 heterocycles. The molecule has 0 radical (unpaired) electrons. The van der Waals surface area contributed by atoms with E-state index in [4.69, 9.17) is 0 Å². The minimum atomic E-state index is 0.397. The van der Waals surface area contributed by atoms with E-state index in [2.05, 4.69) is 11.2 Å². The van der Waals surface area contributed by atoms with Crippen molar-refractivity contribution in [2.75, 3.05) is 6.54 Å². The molecule has 0 unspecified atom stereocenters. The van der Waals surface area contributed by atoms with Gasteiger partial charge in [-0.3, -0.25) is 0 Å². The summed E-state index contributed by atoms with van der Waals surface area (Å²) >= 11 is 0. The van der Waals surface area contributed by atoms with Crippen LogP contribution in [0.2, 0.25) is 0 Å². The average molecular weight is 165 g/mol. The van der Waals surface area contributed by atoms with Gasteiger partial charge in [0.15, 0.2) is 0 Å². The number of hydrogen-bond acceptors (Lipinski definition) is 1. The highest BCUT2D eigenvalue weighted by atomic mass is 29.2. The Morgan fingerprint density at radius 2 is 1.86 bits per heavy atom. The van der Waals surface area contributed by atoms with Crippen LogP contribution in [0.25, 0.3) is 0 Å². The molecule has 5 heteroatoms. The van der Waals surface area contributed by atoms with Gasteiger partial charge in [-0.2, -0.15) is 0 Å². The second-order valence-corrected chi connectivity index (χ2v) is 9.36. The fraction of sp³-hybridized carbons (Fsp3) is 1.00. The van der Waals surface area contributed by atoms with E-state index < -0.39 is 0 Å². The topological polar surface area (TPSA) is 3.24 Å².